The number of carboxylic acid groups (broad SMARTS) is 1. The number of carbonyl (C=O) groups is 1. The first-order valence-corrected chi connectivity index (χ1v) is 5.79. The minimum atomic E-state index is -0.894. The molecule has 2 aromatic heterocycles. The Kier molecular flexibility index (Phi) is 2.05. The minimum Gasteiger partial charge on any atom is -0.477 e. The SMILES string of the molecule is Cc1cccc2c3c(cc(C(=O)O)n3C)n(C)c12. The van der Waals surface area contributed by atoms with Crippen molar-refractivity contribution in [2.45, 2.75) is 6.92 Å². The summed E-state index contributed by atoms with van der Waals surface area (Å²) < 4.78 is 3.81. The van der Waals surface area contributed by atoms with Gasteiger partial charge < -0.3 is 14.2 Å². The molecule has 18 heavy (non-hydrogen) atoms. The average molecular weight is 242 g/mol. The number of para-hydroxylation sites is 1. The van der Waals surface area contributed by atoms with E-state index in [2.05, 4.69) is 17.6 Å². The number of aromatic carboxylic acids is 1. The van der Waals surface area contributed by atoms with Crippen LogP contribution in [0.5, 0.6) is 0 Å². The van der Waals surface area contributed by atoms with Crippen molar-refractivity contribution < 1.29 is 9.90 Å². The van der Waals surface area contributed by atoms with Crippen LogP contribution in [-0.4, -0.2) is 20.2 Å². The molecule has 0 aliphatic rings. The molecular formula is C14H14N2O2. The fourth-order valence-electron chi connectivity index (χ4n) is 2.78. The van der Waals surface area contributed by atoms with E-state index in [9.17, 15) is 9.90 Å². The maximum atomic E-state index is 11.2. The van der Waals surface area contributed by atoms with Crippen LogP contribution in [0, 0.1) is 6.92 Å². The summed E-state index contributed by atoms with van der Waals surface area (Å²) in [5.74, 6) is -0.894. The number of nitrogens with zero attached hydrogens (tertiary/aromatic N) is 2. The van der Waals surface area contributed by atoms with Gasteiger partial charge in [0.05, 0.1) is 16.6 Å². The van der Waals surface area contributed by atoms with Crippen LogP contribution in [0.3, 0.4) is 0 Å². The summed E-state index contributed by atoms with van der Waals surface area (Å²) in [5.41, 5.74) is 4.62. The van der Waals surface area contributed by atoms with Crippen LogP contribution >= 0.6 is 0 Å². The molecule has 0 saturated heterocycles. The third kappa shape index (κ3) is 1.17. The second-order valence-electron chi connectivity index (χ2n) is 4.66. The smallest absolute Gasteiger partial charge is 0.352 e. The van der Waals surface area contributed by atoms with E-state index >= 15 is 0 Å². The van der Waals surface area contributed by atoms with Crippen LogP contribution in [-0.2, 0) is 14.1 Å². The maximum Gasteiger partial charge on any atom is 0.352 e. The summed E-state index contributed by atoms with van der Waals surface area (Å²) in [6, 6.07) is 7.84. The van der Waals surface area contributed by atoms with Crippen molar-refractivity contribution in [3.8, 4) is 0 Å². The van der Waals surface area contributed by atoms with Gasteiger partial charge in [-0.2, -0.15) is 0 Å². The van der Waals surface area contributed by atoms with E-state index in [1.165, 1.54) is 5.56 Å². The van der Waals surface area contributed by atoms with Gasteiger partial charge in [-0.3, -0.25) is 0 Å². The van der Waals surface area contributed by atoms with Crippen LogP contribution in [0.25, 0.3) is 21.9 Å². The predicted molar refractivity (Wildman–Crippen MR) is 71.1 cm³/mol. The van der Waals surface area contributed by atoms with Crippen LogP contribution in [0.4, 0.5) is 0 Å². The highest BCUT2D eigenvalue weighted by Gasteiger charge is 2.18. The summed E-state index contributed by atoms with van der Waals surface area (Å²) in [4.78, 5) is 11.2. The maximum absolute atomic E-state index is 11.2. The van der Waals surface area contributed by atoms with E-state index < -0.39 is 5.97 Å². The predicted octanol–water partition coefficient (Wildman–Crippen LogP) is 2.68. The molecule has 0 atom stereocenters. The van der Waals surface area contributed by atoms with E-state index in [0.717, 1.165) is 21.9 Å². The minimum absolute atomic E-state index is 0.319. The van der Waals surface area contributed by atoms with Crippen molar-refractivity contribution in [3.05, 3.63) is 35.5 Å². The van der Waals surface area contributed by atoms with E-state index in [0.29, 0.717) is 5.69 Å². The van der Waals surface area contributed by atoms with E-state index in [1.807, 2.05) is 19.2 Å². The number of benzene rings is 1. The van der Waals surface area contributed by atoms with Crippen LogP contribution < -0.4 is 0 Å². The molecule has 0 unspecified atom stereocenters. The van der Waals surface area contributed by atoms with E-state index in [-0.39, 0.29) is 0 Å². The fraction of sp³-hybridized carbons (Fsp3) is 0.214. The zero-order chi connectivity index (χ0) is 13.0. The molecule has 3 aromatic rings. The monoisotopic (exact) mass is 242 g/mol. The summed E-state index contributed by atoms with van der Waals surface area (Å²) in [6.07, 6.45) is 0. The van der Waals surface area contributed by atoms with Gasteiger partial charge in [0.25, 0.3) is 0 Å². The third-order valence-electron chi connectivity index (χ3n) is 3.62. The zero-order valence-corrected chi connectivity index (χ0v) is 10.6. The van der Waals surface area contributed by atoms with Crippen molar-refractivity contribution in [1.29, 1.82) is 0 Å². The number of rotatable bonds is 1. The van der Waals surface area contributed by atoms with Gasteiger partial charge in [-0.05, 0) is 18.6 Å². The van der Waals surface area contributed by atoms with Gasteiger partial charge in [0.1, 0.15) is 5.69 Å². The number of fused-ring (bicyclic) bond motifs is 3. The van der Waals surface area contributed by atoms with Gasteiger partial charge in [0.15, 0.2) is 0 Å². The lowest BCUT2D eigenvalue weighted by Gasteiger charge is -2.02. The van der Waals surface area contributed by atoms with E-state index in [1.54, 1.807) is 17.7 Å². The van der Waals surface area contributed by atoms with Crippen LogP contribution in [0.1, 0.15) is 16.1 Å². The van der Waals surface area contributed by atoms with Crippen LogP contribution in [0.2, 0.25) is 0 Å². The Morgan fingerprint density at radius 1 is 1.17 bits per heavy atom. The number of hydrogen-bond donors (Lipinski definition) is 1. The zero-order valence-electron chi connectivity index (χ0n) is 10.6. The number of carboxylic acids is 1. The van der Waals surface area contributed by atoms with Gasteiger partial charge >= 0.3 is 5.97 Å². The van der Waals surface area contributed by atoms with Gasteiger partial charge in [-0.1, -0.05) is 18.2 Å². The molecule has 2 heterocycles. The molecular weight excluding hydrogens is 228 g/mol. The molecule has 1 aromatic carbocycles. The van der Waals surface area contributed by atoms with Gasteiger partial charge in [0.2, 0.25) is 0 Å². The molecule has 92 valence electrons. The van der Waals surface area contributed by atoms with Crippen molar-refractivity contribution >= 4 is 27.9 Å². The van der Waals surface area contributed by atoms with E-state index in [4.69, 9.17) is 0 Å². The highest BCUT2D eigenvalue weighted by atomic mass is 16.4. The fourth-order valence-corrected chi connectivity index (χ4v) is 2.78. The Hall–Kier alpha value is -2.23. The first-order valence-electron chi connectivity index (χ1n) is 5.79. The lowest BCUT2D eigenvalue weighted by molar-refractivity contribution is 0.0687. The van der Waals surface area contributed by atoms with Crippen molar-refractivity contribution in [3.63, 3.8) is 0 Å². The lowest BCUT2D eigenvalue weighted by Crippen LogP contribution is -2.03. The Balaban J connectivity index is 2.58. The second kappa shape index (κ2) is 3.38. The Bertz CT molecular complexity index is 793. The molecule has 1 N–H and O–H groups in total. The highest BCUT2D eigenvalue weighted by Crippen LogP contribution is 2.31. The molecule has 0 saturated carbocycles. The Labute approximate surface area is 104 Å². The first kappa shape index (κ1) is 10.9. The van der Waals surface area contributed by atoms with Crippen molar-refractivity contribution in [1.82, 2.24) is 9.13 Å². The molecule has 0 bridgehead atoms. The molecule has 4 nitrogen and oxygen atoms in total. The third-order valence-corrected chi connectivity index (χ3v) is 3.62. The average Bonchev–Trinajstić information content (AvgIpc) is 2.78. The van der Waals surface area contributed by atoms with Gasteiger partial charge in [0, 0.05) is 19.5 Å². The number of aryl methyl sites for hydroxylation is 3. The summed E-state index contributed by atoms with van der Waals surface area (Å²) in [7, 11) is 3.77. The van der Waals surface area contributed by atoms with Crippen molar-refractivity contribution in [2.24, 2.45) is 14.1 Å². The molecule has 0 radical (unpaired) electrons. The van der Waals surface area contributed by atoms with Gasteiger partial charge in [-0.15, -0.1) is 0 Å². The normalized spacial score (nSPS) is 11.5. The lowest BCUT2D eigenvalue weighted by atomic mass is 10.1. The van der Waals surface area contributed by atoms with Gasteiger partial charge in [-0.25, -0.2) is 4.79 Å². The topological polar surface area (TPSA) is 47.2 Å². The molecule has 0 amide bonds. The Morgan fingerprint density at radius 3 is 2.56 bits per heavy atom. The summed E-state index contributed by atoms with van der Waals surface area (Å²) in [6.45, 7) is 2.07. The highest BCUT2D eigenvalue weighted by molar-refractivity contribution is 6.10. The summed E-state index contributed by atoms with van der Waals surface area (Å²) in [5, 5.41) is 10.3. The quantitative estimate of drug-likeness (QED) is 0.713. The molecule has 0 fully saturated rings. The first-order chi connectivity index (χ1) is 8.52. The molecule has 0 aliphatic heterocycles. The standard InChI is InChI=1S/C14H14N2O2/c1-8-5-4-6-9-12(8)15(2)10-7-11(14(17)18)16(3)13(9)10/h4-7H,1-3H3,(H,17,18). The Morgan fingerprint density at radius 2 is 1.89 bits per heavy atom. The number of hydrogen-bond acceptors (Lipinski definition) is 1. The largest absolute Gasteiger partial charge is 0.477 e. The van der Waals surface area contributed by atoms with Crippen molar-refractivity contribution in [2.75, 3.05) is 0 Å². The van der Waals surface area contributed by atoms with Crippen LogP contribution in [0.15, 0.2) is 24.3 Å². The second-order valence-corrected chi connectivity index (χ2v) is 4.66. The molecule has 0 spiro atoms. The molecule has 0 aliphatic carbocycles. The summed E-state index contributed by atoms with van der Waals surface area (Å²) >= 11 is 0. The molecule has 4 heteroatoms. The molecule has 3 rings (SSSR count). The number of aromatic nitrogens is 2.